The van der Waals surface area contributed by atoms with Crippen LogP contribution in [-0.4, -0.2) is 34.7 Å². The van der Waals surface area contributed by atoms with E-state index in [2.05, 4.69) is 0 Å². The average Bonchev–Trinajstić information content (AvgIpc) is 2.38. The van der Waals surface area contributed by atoms with Crippen LogP contribution in [0.4, 0.5) is 4.79 Å². The number of carbonyl (C=O) groups is 1. The van der Waals surface area contributed by atoms with E-state index in [0.717, 1.165) is 25.8 Å². The predicted octanol–water partition coefficient (Wildman–Crippen LogP) is 1.88. The highest BCUT2D eigenvalue weighted by Gasteiger charge is 2.53. The molecule has 92 valence electrons. The number of nitrogens with two attached hydrogens (primary N) is 1. The van der Waals surface area contributed by atoms with Crippen LogP contribution in [0, 0.1) is 0 Å². The maximum Gasteiger partial charge on any atom is 0.410 e. The zero-order valence-electron chi connectivity index (χ0n) is 10.5. The minimum atomic E-state index is -0.422. The van der Waals surface area contributed by atoms with Gasteiger partial charge in [0.2, 0.25) is 0 Å². The van der Waals surface area contributed by atoms with Crippen LogP contribution in [0.2, 0.25) is 0 Å². The number of ether oxygens (including phenoxy) is 1. The molecule has 1 saturated carbocycles. The van der Waals surface area contributed by atoms with Gasteiger partial charge < -0.3 is 15.4 Å². The molecule has 2 fully saturated rings. The van der Waals surface area contributed by atoms with Gasteiger partial charge in [-0.05, 0) is 46.5 Å². The van der Waals surface area contributed by atoms with E-state index in [1.54, 1.807) is 0 Å². The van der Waals surface area contributed by atoms with Crippen molar-refractivity contribution in [1.29, 1.82) is 0 Å². The molecule has 1 spiro atoms. The van der Waals surface area contributed by atoms with Crippen LogP contribution in [0.5, 0.6) is 0 Å². The summed E-state index contributed by atoms with van der Waals surface area (Å²) in [6.45, 7) is 6.44. The molecule has 0 bridgehead atoms. The Kier molecular flexibility index (Phi) is 2.65. The maximum atomic E-state index is 12.1. The van der Waals surface area contributed by atoms with Gasteiger partial charge in [-0.1, -0.05) is 0 Å². The summed E-state index contributed by atoms with van der Waals surface area (Å²) in [6.07, 6.45) is 3.95. The van der Waals surface area contributed by atoms with Crippen molar-refractivity contribution in [2.75, 3.05) is 6.54 Å². The Balaban J connectivity index is 2.07. The average molecular weight is 226 g/mol. The van der Waals surface area contributed by atoms with Gasteiger partial charge in [0.1, 0.15) is 5.60 Å². The minimum absolute atomic E-state index is 0.0810. The molecule has 1 unspecified atom stereocenters. The highest BCUT2D eigenvalue weighted by Crippen LogP contribution is 2.45. The second-order valence-electron chi connectivity index (χ2n) is 5.98. The van der Waals surface area contributed by atoms with E-state index in [0.29, 0.717) is 0 Å². The van der Waals surface area contributed by atoms with Gasteiger partial charge >= 0.3 is 6.09 Å². The molecular weight excluding hydrogens is 204 g/mol. The summed E-state index contributed by atoms with van der Waals surface area (Å²) >= 11 is 0. The SMILES string of the molecule is CC(C)(C)OC(=O)N1CCC(N)C12CCC2. The van der Waals surface area contributed by atoms with E-state index >= 15 is 0 Å². The van der Waals surface area contributed by atoms with E-state index in [4.69, 9.17) is 10.5 Å². The summed E-state index contributed by atoms with van der Waals surface area (Å²) in [7, 11) is 0. The molecule has 1 aliphatic heterocycles. The Bertz CT molecular complexity index is 292. The van der Waals surface area contributed by atoms with Gasteiger partial charge in [0, 0.05) is 12.6 Å². The fourth-order valence-corrected chi connectivity index (χ4v) is 2.73. The fraction of sp³-hybridized carbons (Fsp3) is 0.917. The van der Waals surface area contributed by atoms with Crippen molar-refractivity contribution in [3.8, 4) is 0 Å². The number of amides is 1. The van der Waals surface area contributed by atoms with E-state index in [1.165, 1.54) is 6.42 Å². The molecule has 0 aromatic rings. The van der Waals surface area contributed by atoms with Crippen LogP contribution < -0.4 is 5.73 Å². The summed E-state index contributed by atoms with van der Waals surface area (Å²) in [6, 6.07) is 0.133. The first-order chi connectivity index (χ1) is 7.35. The lowest BCUT2D eigenvalue weighted by Gasteiger charge is -2.48. The summed E-state index contributed by atoms with van der Waals surface area (Å²) in [4.78, 5) is 13.9. The van der Waals surface area contributed by atoms with E-state index < -0.39 is 5.60 Å². The second kappa shape index (κ2) is 3.62. The quantitative estimate of drug-likeness (QED) is 0.686. The standard InChI is InChI=1S/C12H22N2O2/c1-11(2,3)16-10(15)14-8-5-9(13)12(14)6-4-7-12/h9H,4-8,13H2,1-3H3. The Morgan fingerprint density at radius 1 is 1.44 bits per heavy atom. The zero-order chi connectivity index (χ0) is 12.0. The van der Waals surface area contributed by atoms with E-state index in [1.807, 2.05) is 25.7 Å². The molecule has 16 heavy (non-hydrogen) atoms. The number of hydrogen-bond acceptors (Lipinski definition) is 3. The topological polar surface area (TPSA) is 55.6 Å². The first-order valence-corrected chi connectivity index (χ1v) is 6.11. The largest absolute Gasteiger partial charge is 0.444 e. The molecule has 1 heterocycles. The fourth-order valence-electron chi connectivity index (χ4n) is 2.73. The second-order valence-corrected chi connectivity index (χ2v) is 5.98. The Labute approximate surface area is 97.1 Å². The molecule has 4 nitrogen and oxygen atoms in total. The van der Waals surface area contributed by atoms with Gasteiger partial charge in [-0.3, -0.25) is 0 Å². The van der Waals surface area contributed by atoms with Gasteiger partial charge in [0.15, 0.2) is 0 Å². The molecule has 4 heteroatoms. The molecule has 1 amide bonds. The van der Waals surface area contributed by atoms with E-state index in [-0.39, 0.29) is 17.7 Å². The van der Waals surface area contributed by atoms with Gasteiger partial charge in [-0.15, -0.1) is 0 Å². The monoisotopic (exact) mass is 226 g/mol. The molecule has 1 saturated heterocycles. The van der Waals surface area contributed by atoms with Crippen LogP contribution >= 0.6 is 0 Å². The molecule has 2 N–H and O–H groups in total. The minimum Gasteiger partial charge on any atom is -0.444 e. The van der Waals surface area contributed by atoms with Crippen LogP contribution in [0.1, 0.15) is 46.5 Å². The number of carbonyl (C=O) groups excluding carboxylic acids is 1. The molecule has 1 aliphatic carbocycles. The van der Waals surface area contributed by atoms with Crippen molar-refractivity contribution in [3.05, 3.63) is 0 Å². The Morgan fingerprint density at radius 3 is 2.50 bits per heavy atom. The zero-order valence-corrected chi connectivity index (χ0v) is 10.5. The van der Waals surface area contributed by atoms with Gasteiger partial charge in [-0.2, -0.15) is 0 Å². The van der Waals surface area contributed by atoms with Gasteiger partial charge in [0.05, 0.1) is 5.54 Å². The van der Waals surface area contributed by atoms with Crippen LogP contribution in [-0.2, 0) is 4.74 Å². The molecule has 2 aliphatic rings. The lowest BCUT2D eigenvalue weighted by Crippen LogP contribution is -2.60. The van der Waals surface area contributed by atoms with Crippen molar-refractivity contribution in [2.24, 2.45) is 5.73 Å². The summed E-state index contributed by atoms with van der Waals surface area (Å²) < 4.78 is 5.43. The Hall–Kier alpha value is -0.770. The summed E-state index contributed by atoms with van der Waals surface area (Å²) in [5.41, 5.74) is 5.61. The molecular formula is C12H22N2O2. The molecule has 0 radical (unpaired) electrons. The van der Waals surface area contributed by atoms with Crippen molar-refractivity contribution in [3.63, 3.8) is 0 Å². The van der Waals surface area contributed by atoms with Crippen molar-refractivity contribution < 1.29 is 9.53 Å². The van der Waals surface area contributed by atoms with Crippen molar-refractivity contribution in [1.82, 2.24) is 4.90 Å². The molecule has 0 aromatic heterocycles. The maximum absolute atomic E-state index is 12.1. The molecule has 2 rings (SSSR count). The lowest BCUT2D eigenvalue weighted by atomic mass is 9.72. The first-order valence-electron chi connectivity index (χ1n) is 6.11. The van der Waals surface area contributed by atoms with Crippen molar-refractivity contribution in [2.45, 2.75) is 63.6 Å². The van der Waals surface area contributed by atoms with Gasteiger partial charge in [-0.25, -0.2) is 4.79 Å². The van der Waals surface area contributed by atoms with Crippen LogP contribution in [0.15, 0.2) is 0 Å². The van der Waals surface area contributed by atoms with Gasteiger partial charge in [0.25, 0.3) is 0 Å². The number of rotatable bonds is 0. The van der Waals surface area contributed by atoms with Crippen LogP contribution in [0.25, 0.3) is 0 Å². The Morgan fingerprint density at radius 2 is 2.06 bits per heavy atom. The highest BCUT2D eigenvalue weighted by molar-refractivity contribution is 5.70. The third-order valence-electron chi connectivity index (χ3n) is 3.72. The smallest absolute Gasteiger partial charge is 0.410 e. The third kappa shape index (κ3) is 1.79. The molecule has 0 aromatic carbocycles. The normalized spacial score (nSPS) is 28.0. The third-order valence-corrected chi connectivity index (χ3v) is 3.72. The summed E-state index contributed by atoms with van der Waals surface area (Å²) in [5, 5.41) is 0. The number of nitrogens with zero attached hydrogens (tertiary/aromatic N) is 1. The predicted molar refractivity (Wildman–Crippen MR) is 62.1 cm³/mol. The highest BCUT2D eigenvalue weighted by atomic mass is 16.6. The van der Waals surface area contributed by atoms with E-state index in [9.17, 15) is 4.79 Å². The van der Waals surface area contributed by atoms with Crippen molar-refractivity contribution >= 4 is 6.09 Å². The number of likely N-dealkylation sites (tertiary alicyclic amines) is 1. The lowest BCUT2D eigenvalue weighted by molar-refractivity contribution is -0.0134. The van der Waals surface area contributed by atoms with Crippen LogP contribution in [0.3, 0.4) is 0 Å². The number of hydrogen-bond donors (Lipinski definition) is 1. The summed E-state index contributed by atoms with van der Waals surface area (Å²) in [5.74, 6) is 0. The first kappa shape index (κ1) is 11.7. The molecule has 1 atom stereocenters.